The second-order valence-corrected chi connectivity index (χ2v) is 5.53. The van der Waals surface area contributed by atoms with Crippen molar-refractivity contribution in [1.29, 1.82) is 0 Å². The molecule has 1 aromatic carbocycles. The van der Waals surface area contributed by atoms with Crippen LogP contribution in [-0.4, -0.2) is 44.9 Å². The molecule has 0 aliphatic rings. The van der Waals surface area contributed by atoms with Crippen LogP contribution in [0.15, 0.2) is 36.5 Å². The maximum Gasteiger partial charge on any atom is 0.277 e. The number of pyridine rings is 1. The molecule has 0 unspecified atom stereocenters. The number of nitrogens with two attached hydrogens (primary N) is 1. The molecule has 2 heterocycles. The van der Waals surface area contributed by atoms with Gasteiger partial charge in [-0.2, -0.15) is 0 Å². The normalized spacial score (nSPS) is 10.8. The summed E-state index contributed by atoms with van der Waals surface area (Å²) in [6, 6.07) is 9.25. The molecule has 0 saturated heterocycles. The molecule has 0 radical (unpaired) electrons. The summed E-state index contributed by atoms with van der Waals surface area (Å²) in [6.45, 7) is -0.0666. The van der Waals surface area contributed by atoms with Crippen molar-refractivity contribution in [3.8, 4) is 5.69 Å². The number of carbonyl (C=O) groups excluding carboxylic acids is 1. The van der Waals surface area contributed by atoms with Crippen LogP contribution >= 0.6 is 24.8 Å². The number of hydrogen-bond acceptors (Lipinski definition) is 5. The molecule has 27 heavy (non-hydrogen) atoms. The van der Waals surface area contributed by atoms with E-state index in [0.29, 0.717) is 16.9 Å². The molecule has 2 aromatic heterocycles. The van der Waals surface area contributed by atoms with E-state index in [1.807, 2.05) is 24.3 Å². The third-order valence-electron chi connectivity index (χ3n) is 3.76. The van der Waals surface area contributed by atoms with Gasteiger partial charge in [0.05, 0.1) is 30.0 Å². The van der Waals surface area contributed by atoms with Crippen LogP contribution in [-0.2, 0) is 0 Å². The highest BCUT2D eigenvalue weighted by atomic mass is 35.5. The number of para-hydroxylation sites is 1. The highest BCUT2D eigenvalue weighted by molar-refractivity contribution is 5.93. The van der Waals surface area contributed by atoms with Gasteiger partial charge in [-0.3, -0.25) is 9.78 Å². The van der Waals surface area contributed by atoms with Crippen molar-refractivity contribution in [1.82, 2.24) is 25.3 Å². The molecular weight excluding hydrogens is 401 g/mol. The van der Waals surface area contributed by atoms with Crippen LogP contribution in [0.5, 0.6) is 0 Å². The lowest BCUT2D eigenvalue weighted by atomic mass is 10.2. The largest absolute Gasteiger partial charge is 0.344 e. The summed E-state index contributed by atoms with van der Waals surface area (Å²) in [6.07, 6.45) is 1.65. The van der Waals surface area contributed by atoms with Gasteiger partial charge in [0.25, 0.3) is 11.8 Å². The van der Waals surface area contributed by atoms with Gasteiger partial charge >= 0.3 is 0 Å². The Balaban J connectivity index is 0.00000182. The summed E-state index contributed by atoms with van der Waals surface area (Å²) in [5, 5.41) is 10.8. The molecule has 3 aromatic rings. The lowest BCUT2D eigenvalue weighted by Crippen LogP contribution is -2.41. The third kappa shape index (κ3) is 4.68. The van der Waals surface area contributed by atoms with Gasteiger partial charge in [-0.25, -0.2) is 13.5 Å². The fourth-order valence-electron chi connectivity index (χ4n) is 2.39. The van der Waals surface area contributed by atoms with Crippen molar-refractivity contribution < 1.29 is 13.6 Å². The van der Waals surface area contributed by atoms with Crippen LogP contribution in [0.4, 0.5) is 8.78 Å². The summed E-state index contributed by atoms with van der Waals surface area (Å²) < 4.78 is 27.8. The number of rotatable bonds is 5. The standard InChI is InChI=1S/C16H16F2N6O.2ClH/c1-10-13(15(25)21-9-16(17,18)8-19)22-23-24(10)12-6-2-4-11-5-3-7-20-14(11)12;;/h2-7H,8-9,19H2,1H3,(H,21,25);2*1H. The lowest BCUT2D eigenvalue weighted by Gasteiger charge is -2.13. The van der Waals surface area contributed by atoms with Crippen LogP contribution in [0.1, 0.15) is 16.2 Å². The first-order chi connectivity index (χ1) is 11.9. The molecule has 3 rings (SSSR count). The van der Waals surface area contributed by atoms with Gasteiger partial charge in [0.1, 0.15) is 0 Å². The van der Waals surface area contributed by atoms with E-state index in [1.54, 1.807) is 19.2 Å². The SMILES string of the molecule is Cc1c(C(=O)NCC(F)(F)CN)nnn1-c1cccc2cccnc12.Cl.Cl. The van der Waals surface area contributed by atoms with Crippen molar-refractivity contribution in [2.24, 2.45) is 5.73 Å². The summed E-state index contributed by atoms with van der Waals surface area (Å²) in [5.74, 6) is -3.90. The Morgan fingerprint density at radius 3 is 2.67 bits per heavy atom. The van der Waals surface area contributed by atoms with Crippen LogP contribution in [0.2, 0.25) is 0 Å². The first-order valence-corrected chi connectivity index (χ1v) is 7.55. The molecule has 0 aliphatic heterocycles. The Hall–Kier alpha value is -2.36. The number of nitrogens with zero attached hydrogens (tertiary/aromatic N) is 4. The van der Waals surface area contributed by atoms with Crippen molar-refractivity contribution >= 4 is 41.6 Å². The van der Waals surface area contributed by atoms with Crippen molar-refractivity contribution in [2.45, 2.75) is 12.8 Å². The second kappa shape index (κ2) is 9.03. The van der Waals surface area contributed by atoms with Crippen molar-refractivity contribution in [3.05, 3.63) is 47.9 Å². The Labute approximate surface area is 166 Å². The van der Waals surface area contributed by atoms with Crippen LogP contribution in [0, 0.1) is 6.92 Å². The van der Waals surface area contributed by atoms with E-state index < -0.39 is 24.9 Å². The Morgan fingerprint density at radius 2 is 1.96 bits per heavy atom. The third-order valence-corrected chi connectivity index (χ3v) is 3.76. The first kappa shape index (κ1) is 22.7. The number of halogens is 4. The van der Waals surface area contributed by atoms with Gasteiger partial charge in [0.2, 0.25) is 0 Å². The van der Waals surface area contributed by atoms with Gasteiger partial charge in [0.15, 0.2) is 5.69 Å². The summed E-state index contributed by atoms with van der Waals surface area (Å²) >= 11 is 0. The molecule has 0 fully saturated rings. The zero-order valence-electron chi connectivity index (χ0n) is 14.2. The molecular formula is C16H18Cl2F2N6O. The van der Waals surface area contributed by atoms with Crippen molar-refractivity contribution in [2.75, 3.05) is 13.1 Å². The number of nitrogens with one attached hydrogen (secondary N) is 1. The zero-order chi connectivity index (χ0) is 18.0. The number of hydrogen-bond donors (Lipinski definition) is 2. The monoisotopic (exact) mass is 418 g/mol. The maximum absolute atomic E-state index is 13.2. The average Bonchev–Trinajstić information content (AvgIpc) is 3.00. The molecule has 7 nitrogen and oxygen atoms in total. The molecule has 0 spiro atoms. The number of benzene rings is 1. The van der Waals surface area contributed by atoms with E-state index in [-0.39, 0.29) is 30.5 Å². The Bertz CT molecular complexity index is 929. The molecule has 0 atom stereocenters. The van der Waals surface area contributed by atoms with E-state index in [2.05, 4.69) is 20.6 Å². The maximum atomic E-state index is 13.2. The predicted molar refractivity (Wildman–Crippen MR) is 102 cm³/mol. The van der Waals surface area contributed by atoms with E-state index in [1.165, 1.54) is 4.68 Å². The smallest absolute Gasteiger partial charge is 0.277 e. The average molecular weight is 419 g/mol. The number of aromatic nitrogens is 4. The lowest BCUT2D eigenvalue weighted by molar-refractivity contribution is 0.0118. The minimum Gasteiger partial charge on any atom is -0.344 e. The van der Waals surface area contributed by atoms with E-state index in [0.717, 1.165) is 5.39 Å². The van der Waals surface area contributed by atoms with Crippen LogP contribution < -0.4 is 11.1 Å². The fourth-order valence-corrected chi connectivity index (χ4v) is 2.39. The van der Waals surface area contributed by atoms with Crippen LogP contribution in [0.3, 0.4) is 0 Å². The highest BCUT2D eigenvalue weighted by Crippen LogP contribution is 2.21. The molecule has 1 amide bonds. The van der Waals surface area contributed by atoms with E-state index in [9.17, 15) is 13.6 Å². The van der Waals surface area contributed by atoms with Gasteiger partial charge in [-0.05, 0) is 19.1 Å². The van der Waals surface area contributed by atoms with Gasteiger partial charge in [0, 0.05) is 11.6 Å². The van der Waals surface area contributed by atoms with Gasteiger partial charge in [-0.1, -0.05) is 23.4 Å². The Kier molecular flexibility index (Phi) is 7.58. The molecule has 0 saturated carbocycles. The van der Waals surface area contributed by atoms with E-state index in [4.69, 9.17) is 5.73 Å². The zero-order valence-corrected chi connectivity index (χ0v) is 15.9. The highest BCUT2D eigenvalue weighted by Gasteiger charge is 2.28. The molecule has 0 bridgehead atoms. The fraction of sp³-hybridized carbons (Fsp3) is 0.250. The van der Waals surface area contributed by atoms with E-state index >= 15 is 0 Å². The van der Waals surface area contributed by atoms with Gasteiger partial charge in [-0.15, -0.1) is 29.9 Å². The minimum absolute atomic E-state index is 0. The second-order valence-electron chi connectivity index (χ2n) is 5.53. The van der Waals surface area contributed by atoms with Crippen LogP contribution in [0.25, 0.3) is 16.6 Å². The number of carbonyl (C=O) groups is 1. The van der Waals surface area contributed by atoms with Crippen molar-refractivity contribution in [3.63, 3.8) is 0 Å². The molecule has 146 valence electrons. The topological polar surface area (TPSA) is 98.7 Å². The van der Waals surface area contributed by atoms with Gasteiger partial charge < -0.3 is 11.1 Å². The number of alkyl halides is 2. The summed E-state index contributed by atoms with van der Waals surface area (Å²) in [7, 11) is 0. The predicted octanol–water partition coefficient (Wildman–Crippen LogP) is 2.29. The minimum atomic E-state index is -3.17. The summed E-state index contributed by atoms with van der Waals surface area (Å²) in [5.41, 5.74) is 6.69. The molecule has 3 N–H and O–H groups in total. The number of fused-ring (bicyclic) bond motifs is 1. The molecule has 0 aliphatic carbocycles. The first-order valence-electron chi connectivity index (χ1n) is 7.55. The summed E-state index contributed by atoms with van der Waals surface area (Å²) in [4.78, 5) is 16.4. The Morgan fingerprint density at radius 1 is 1.26 bits per heavy atom. The molecule has 11 heteroatoms. The number of amides is 1. The quantitative estimate of drug-likeness (QED) is 0.661.